The van der Waals surface area contributed by atoms with Crippen molar-refractivity contribution in [2.45, 2.75) is 12.5 Å². The third-order valence-electron chi connectivity index (χ3n) is 3.27. The minimum absolute atomic E-state index is 0.190. The van der Waals surface area contributed by atoms with Gasteiger partial charge in [-0.25, -0.2) is 0 Å². The highest BCUT2D eigenvalue weighted by atomic mass is 16.3. The first kappa shape index (κ1) is 12.4. The van der Waals surface area contributed by atoms with Crippen LogP contribution in [0.5, 0.6) is 5.75 Å². The molecule has 1 aliphatic rings. The summed E-state index contributed by atoms with van der Waals surface area (Å²) in [6.07, 6.45) is 0.741. The van der Waals surface area contributed by atoms with Gasteiger partial charge in [-0.1, -0.05) is 12.1 Å². The molecule has 2 rings (SSSR count). The van der Waals surface area contributed by atoms with Gasteiger partial charge in [0.25, 0.3) is 0 Å². The molecule has 4 nitrogen and oxygen atoms in total. The lowest BCUT2D eigenvalue weighted by atomic mass is 10.0. The van der Waals surface area contributed by atoms with Crippen molar-refractivity contribution in [2.75, 3.05) is 32.8 Å². The summed E-state index contributed by atoms with van der Waals surface area (Å²) in [7, 11) is 0. The summed E-state index contributed by atoms with van der Waals surface area (Å²) in [6, 6.07) is 7.56. The molecule has 1 saturated heterocycles. The Morgan fingerprint density at radius 1 is 1.18 bits per heavy atom. The van der Waals surface area contributed by atoms with E-state index in [1.807, 2.05) is 12.1 Å². The van der Waals surface area contributed by atoms with Gasteiger partial charge >= 0.3 is 0 Å². The molecule has 1 aliphatic heterocycles. The van der Waals surface area contributed by atoms with Crippen molar-refractivity contribution in [1.82, 2.24) is 10.2 Å². The zero-order chi connectivity index (χ0) is 12.1. The summed E-state index contributed by atoms with van der Waals surface area (Å²) in [4.78, 5) is 2.39. The molecule has 0 amide bonds. The van der Waals surface area contributed by atoms with E-state index in [1.54, 1.807) is 12.1 Å². The molecule has 4 heteroatoms. The minimum Gasteiger partial charge on any atom is -0.508 e. The Labute approximate surface area is 102 Å². The molecule has 1 fully saturated rings. The maximum absolute atomic E-state index is 9.31. The summed E-state index contributed by atoms with van der Waals surface area (Å²) >= 11 is 0. The Kier molecular flexibility index (Phi) is 4.36. The Bertz CT molecular complexity index is 334. The normalized spacial score (nSPS) is 19.1. The fourth-order valence-corrected chi connectivity index (χ4v) is 2.37. The summed E-state index contributed by atoms with van der Waals surface area (Å²) < 4.78 is 0. The van der Waals surface area contributed by atoms with Crippen molar-refractivity contribution >= 4 is 0 Å². The van der Waals surface area contributed by atoms with Crippen LogP contribution in [0.3, 0.4) is 0 Å². The van der Waals surface area contributed by atoms with Gasteiger partial charge in [-0.15, -0.1) is 0 Å². The van der Waals surface area contributed by atoms with E-state index in [-0.39, 0.29) is 18.4 Å². The third kappa shape index (κ3) is 3.19. The zero-order valence-corrected chi connectivity index (χ0v) is 9.97. The maximum atomic E-state index is 9.31. The monoisotopic (exact) mass is 236 g/mol. The van der Waals surface area contributed by atoms with Crippen molar-refractivity contribution in [1.29, 1.82) is 0 Å². The minimum atomic E-state index is 0.190. The highest BCUT2D eigenvalue weighted by molar-refractivity contribution is 5.28. The van der Waals surface area contributed by atoms with Crippen molar-refractivity contribution in [3.63, 3.8) is 0 Å². The standard InChI is InChI=1S/C13H20N2O2/c16-10-5-13(15-8-6-14-7-9-15)11-1-3-12(17)4-2-11/h1-4,13-14,16-17H,5-10H2/t13-/m1/s1. The molecule has 0 radical (unpaired) electrons. The molecule has 0 unspecified atom stereocenters. The number of aliphatic hydroxyl groups is 1. The number of phenols is 1. The number of benzene rings is 1. The second-order valence-corrected chi connectivity index (χ2v) is 4.41. The number of hydrogen-bond donors (Lipinski definition) is 3. The Morgan fingerprint density at radius 3 is 2.41 bits per heavy atom. The van der Waals surface area contributed by atoms with Gasteiger partial charge < -0.3 is 15.5 Å². The number of rotatable bonds is 4. The first-order valence-electron chi connectivity index (χ1n) is 6.16. The van der Waals surface area contributed by atoms with Gasteiger partial charge in [0.15, 0.2) is 0 Å². The van der Waals surface area contributed by atoms with Crippen molar-refractivity contribution in [3.8, 4) is 5.75 Å². The summed E-state index contributed by atoms with van der Waals surface area (Å²) in [5.41, 5.74) is 1.17. The van der Waals surface area contributed by atoms with Gasteiger partial charge in [-0.2, -0.15) is 0 Å². The van der Waals surface area contributed by atoms with E-state index in [1.165, 1.54) is 5.56 Å². The van der Waals surface area contributed by atoms with Gasteiger partial charge in [-0.3, -0.25) is 4.90 Å². The van der Waals surface area contributed by atoms with Crippen molar-refractivity contribution in [3.05, 3.63) is 29.8 Å². The quantitative estimate of drug-likeness (QED) is 0.721. The molecule has 0 spiro atoms. The predicted molar refractivity (Wildman–Crippen MR) is 67.0 cm³/mol. The topological polar surface area (TPSA) is 55.7 Å². The number of aromatic hydroxyl groups is 1. The van der Waals surface area contributed by atoms with E-state index in [0.717, 1.165) is 32.6 Å². The molecule has 1 atom stereocenters. The molecular weight excluding hydrogens is 216 g/mol. The van der Waals surface area contributed by atoms with Gasteiger partial charge in [0, 0.05) is 38.8 Å². The molecule has 1 aromatic carbocycles. The molecule has 0 bridgehead atoms. The van der Waals surface area contributed by atoms with Crippen LogP contribution in [0.1, 0.15) is 18.0 Å². The molecular formula is C13H20N2O2. The second-order valence-electron chi connectivity index (χ2n) is 4.41. The lowest BCUT2D eigenvalue weighted by Gasteiger charge is -2.35. The lowest BCUT2D eigenvalue weighted by Crippen LogP contribution is -2.45. The van der Waals surface area contributed by atoms with Crippen LogP contribution in [0, 0.1) is 0 Å². The molecule has 1 heterocycles. The molecule has 0 aliphatic carbocycles. The largest absolute Gasteiger partial charge is 0.508 e. The van der Waals surface area contributed by atoms with Crippen LogP contribution in [0.2, 0.25) is 0 Å². The Balaban J connectivity index is 2.12. The second kappa shape index (κ2) is 6.00. The van der Waals surface area contributed by atoms with E-state index in [4.69, 9.17) is 0 Å². The first-order valence-corrected chi connectivity index (χ1v) is 6.16. The van der Waals surface area contributed by atoms with Crippen LogP contribution in [0.25, 0.3) is 0 Å². The number of phenolic OH excluding ortho intramolecular Hbond substituents is 1. The van der Waals surface area contributed by atoms with Crippen molar-refractivity contribution in [2.24, 2.45) is 0 Å². The summed E-state index contributed by atoms with van der Waals surface area (Å²) in [5.74, 6) is 0.289. The smallest absolute Gasteiger partial charge is 0.115 e. The van der Waals surface area contributed by atoms with Gasteiger partial charge in [-0.05, 0) is 24.1 Å². The van der Waals surface area contributed by atoms with Gasteiger partial charge in [0.05, 0.1) is 0 Å². The molecule has 0 aromatic heterocycles. The number of nitrogens with one attached hydrogen (secondary N) is 1. The third-order valence-corrected chi connectivity index (χ3v) is 3.27. The number of nitrogens with zero attached hydrogens (tertiary/aromatic N) is 1. The predicted octanol–water partition coefficient (Wildman–Crippen LogP) is 0.721. The number of aliphatic hydroxyl groups excluding tert-OH is 1. The lowest BCUT2D eigenvalue weighted by molar-refractivity contribution is 0.141. The van der Waals surface area contributed by atoms with E-state index in [0.29, 0.717) is 0 Å². The fourth-order valence-electron chi connectivity index (χ4n) is 2.37. The van der Waals surface area contributed by atoms with Crippen LogP contribution in [-0.4, -0.2) is 47.9 Å². The first-order chi connectivity index (χ1) is 8.31. The maximum Gasteiger partial charge on any atom is 0.115 e. The number of hydrogen-bond acceptors (Lipinski definition) is 4. The highest BCUT2D eigenvalue weighted by Crippen LogP contribution is 2.25. The average Bonchev–Trinajstić information content (AvgIpc) is 2.38. The highest BCUT2D eigenvalue weighted by Gasteiger charge is 2.21. The van der Waals surface area contributed by atoms with Crippen LogP contribution in [-0.2, 0) is 0 Å². The molecule has 94 valence electrons. The van der Waals surface area contributed by atoms with Crippen molar-refractivity contribution < 1.29 is 10.2 Å². The molecule has 0 saturated carbocycles. The Morgan fingerprint density at radius 2 is 1.82 bits per heavy atom. The average molecular weight is 236 g/mol. The van der Waals surface area contributed by atoms with E-state index >= 15 is 0 Å². The SMILES string of the molecule is OCC[C@H](c1ccc(O)cc1)N1CCNCC1. The molecule has 3 N–H and O–H groups in total. The van der Waals surface area contributed by atoms with Gasteiger partial charge in [0.2, 0.25) is 0 Å². The van der Waals surface area contributed by atoms with Crippen LogP contribution >= 0.6 is 0 Å². The van der Waals surface area contributed by atoms with E-state index in [2.05, 4.69) is 10.2 Å². The summed E-state index contributed by atoms with van der Waals surface area (Å²) in [5, 5.41) is 21.8. The van der Waals surface area contributed by atoms with Crippen LogP contribution < -0.4 is 5.32 Å². The summed E-state index contributed by atoms with van der Waals surface area (Å²) in [6.45, 7) is 4.20. The Hall–Kier alpha value is -1.10. The number of piperazine rings is 1. The molecule has 1 aromatic rings. The fraction of sp³-hybridized carbons (Fsp3) is 0.538. The van der Waals surface area contributed by atoms with Crippen LogP contribution in [0.4, 0.5) is 0 Å². The zero-order valence-electron chi connectivity index (χ0n) is 9.97. The van der Waals surface area contributed by atoms with Crippen LogP contribution in [0.15, 0.2) is 24.3 Å². The van der Waals surface area contributed by atoms with E-state index in [9.17, 15) is 10.2 Å². The molecule has 17 heavy (non-hydrogen) atoms. The van der Waals surface area contributed by atoms with Gasteiger partial charge in [0.1, 0.15) is 5.75 Å². The van der Waals surface area contributed by atoms with E-state index < -0.39 is 0 Å².